The number of rotatable bonds is 6. The maximum Gasteiger partial charge on any atom is 0.251 e. The molecule has 0 bridgehead atoms. The van der Waals surface area contributed by atoms with Gasteiger partial charge in [-0.2, -0.15) is 5.26 Å². The molecule has 0 heterocycles. The molecular weight excluding hydrogens is 224 g/mol. The topological polar surface area (TPSA) is 39.1 Å². The summed E-state index contributed by atoms with van der Waals surface area (Å²) in [4.78, 5) is 1.68. The van der Waals surface area contributed by atoms with E-state index >= 15 is 0 Å². The van der Waals surface area contributed by atoms with Gasteiger partial charge in [0.05, 0.1) is 12.6 Å². The Morgan fingerprint density at radius 1 is 1.59 bits per heavy atom. The minimum Gasteiger partial charge on any atom is -0.299 e. The lowest BCUT2D eigenvalue weighted by Crippen LogP contribution is -2.44. The standard InChI is InChI=1S/C12H21F2N3/c1-3-6-16-12(9-15)5-4-10(7-12)17(2)8-11(13)14/h10-11,16H,3-8H2,1-2H3. The third-order valence-electron chi connectivity index (χ3n) is 3.47. The Labute approximate surface area is 102 Å². The van der Waals surface area contributed by atoms with E-state index in [1.54, 1.807) is 11.9 Å². The quantitative estimate of drug-likeness (QED) is 0.778. The lowest BCUT2D eigenvalue weighted by atomic mass is 9.99. The lowest BCUT2D eigenvalue weighted by molar-refractivity contribution is 0.0806. The van der Waals surface area contributed by atoms with Crippen LogP contribution in [0.1, 0.15) is 32.6 Å². The highest BCUT2D eigenvalue weighted by Crippen LogP contribution is 2.32. The van der Waals surface area contributed by atoms with E-state index in [0.29, 0.717) is 6.42 Å². The molecule has 98 valence electrons. The normalized spacial score (nSPS) is 28.9. The van der Waals surface area contributed by atoms with Gasteiger partial charge in [-0.05, 0) is 39.3 Å². The summed E-state index contributed by atoms with van der Waals surface area (Å²) in [5.41, 5.74) is -0.503. The summed E-state index contributed by atoms with van der Waals surface area (Å²) in [5.74, 6) is 0. The molecule has 0 saturated heterocycles. The Morgan fingerprint density at radius 2 is 2.29 bits per heavy atom. The average Bonchev–Trinajstić information content (AvgIpc) is 2.71. The molecule has 0 aromatic rings. The van der Waals surface area contributed by atoms with E-state index in [4.69, 9.17) is 0 Å². The molecule has 0 aliphatic heterocycles. The number of nitrogens with zero attached hydrogens (tertiary/aromatic N) is 2. The second-order valence-corrected chi connectivity index (χ2v) is 4.85. The summed E-state index contributed by atoms with van der Waals surface area (Å²) in [7, 11) is 1.71. The van der Waals surface area contributed by atoms with Crippen molar-refractivity contribution in [3.63, 3.8) is 0 Å². The smallest absolute Gasteiger partial charge is 0.251 e. The van der Waals surface area contributed by atoms with E-state index in [2.05, 4.69) is 11.4 Å². The van der Waals surface area contributed by atoms with Crippen LogP contribution in [0.5, 0.6) is 0 Å². The molecule has 0 aromatic carbocycles. The van der Waals surface area contributed by atoms with Crippen LogP contribution in [0.3, 0.4) is 0 Å². The zero-order chi connectivity index (χ0) is 12.9. The fraction of sp³-hybridized carbons (Fsp3) is 0.917. The van der Waals surface area contributed by atoms with E-state index in [9.17, 15) is 14.0 Å². The van der Waals surface area contributed by atoms with Crippen LogP contribution in [0.15, 0.2) is 0 Å². The van der Waals surface area contributed by atoms with Crippen LogP contribution in [-0.4, -0.2) is 43.0 Å². The molecule has 3 nitrogen and oxygen atoms in total. The lowest BCUT2D eigenvalue weighted by Gasteiger charge is -2.26. The highest BCUT2D eigenvalue weighted by molar-refractivity contribution is 5.13. The summed E-state index contributed by atoms with van der Waals surface area (Å²) >= 11 is 0. The number of hydrogen-bond donors (Lipinski definition) is 1. The van der Waals surface area contributed by atoms with Crippen LogP contribution >= 0.6 is 0 Å². The summed E-state index contributed by atoms with van der Waals surface area (Å²) in [5, 5.41) is 12.5. The van der Waals surface area contributed by atoms with Crippen molar-refractivity contribution >= 4 is 0 Å². The highest BCUT2D eigenvalue weighted by Gasteiger charge is 2.40. The van der Waals surface area contributed by atoms with Gasteiger partial charge >= 0.3 is 0 Å². The maximum atomic E-state index is 12.3. The van der Waals surface area contributed by atoms with Crippen molar-refractivity contribution in [1.82, 2.24) is 10.2 Å². The van der Waals surface area contributed by atoms with E-state index in [-0.39, 0.29) is 12.6 Å². The van der Waals surface area contributed by atoms with Gasteiger partial charge in [0, 0.05) is 6.04 Å². The van der Waals surface area contributed by atoms with Crippen LogP contribution in [-0.2, 0) is 0 Å². The second-order valence-electron chi connectivity index (χ2n) is 4.85. The van der Waals surface area contributed by atoms with Crippen LogP contribution < -0.4 is 5.32 Å². The van der Waals surface area contributed by atoms with Crippen LogP contribution in [0, 0.1) is 11.3 Å². The monoisotopic (exact) mass is 245 g/mol. The third-order valence-corrected chi connectivity index (χ3v) is 3.47. The number of nitriles is 1. The zero-order valence-electron chi connectivity index (χ0n) is 10.5. The largest absolute Gasteiger partial charge is 0.299 e. The minimum absolute atomic E-state index is 0.0907. The van der Waals surface area contributed by atoms with E-state index in [0.717, 1.165) is 25.8 Å². The van der Waals surface area contributed by atoms with Crippen molar-refractivity contribution in [3.8, 4) is 6.07 Å². The third kappa shape index (κ3) is 3.90. The first-order chi connectivity index (χ1) is 8.03. The van der Waals surface area contributed by atoms with Crippen molar-refractivity contribution in [3.05, 3.63) is 0 Å². The predicted octanol–water partition coefficient (Wildman–Crippen LogP) is 2.00. The molecule has 1 saturated carbocycles. The molecule has 1 aliphatic rings. The Hall–Kier alpha value is -0.730. The van der Waals surface area contributed by atoms with E-state index < -0.39 is 12.0 Å². The Balaban J connectivity index is 2.52. The molecule has 0 amide bonds. The van der Waals surface area contributed by atoms with Gasteiger partial charge < -0.3 is 0 Å². The summed E-state index contributed by atoms with van der Waals surface area (Å²) in [6.07, 6.45) is 0.879. The second kappa shape index (κ2) is 6.27. The molecule has 5 heteroatoms. The van der Waals surface area contributed by atoms with Crippen molar-refractivity contribution in [2.45, 2.75) is 50.6 Å². The molecule has 17 heavy (non-hydrogen) atoms. The van der Waals surface area contributed by atoms with Crippen molar-refractivity contribution in [2.24, 2.45) is 0 Å². The van der Waals surface area contributed by atoms with Gasteiger partial charge in [-0.15, -0.1) is 0 Å². The van der Waals surface area contributed by atoms with Crippen LogP contribution in [0.2, 0.25) is 0 Å². The Bertz CT molecular complexity index is 277. The fourth-order valence-electron chi connectivity index (χ4n) is 2.43. The fourth-order valence-corrected chi connectivity index (χ4v) is 2.43. The maximum absolute atomic E-state index is 12.3. The Kier molecular flexibility index (Phi) is 5.29. The van der Waals surface area contributed by atoms with Gasteiger partial charge in [0.2, 0.25) is 0 Å². The average molecular weight is 245 g/mol. The van der Waals surface area contributed by atoms with Crippen LogP contribution in [0.25, 0.3) is 0 Å². The predicted molar refractivity (Wildman–Crippen MR) is 62.9 cm³/mol. The molecule has 0 spiro atoms. The zero-order valence-corrected chi connectivity index (χ0v) is 10.5. The van der Waals surface area contributed by atoms with Crippen molar-refractivity contribution in [1.29, 1.82) is 5.26 Å². The number of alkyl halides is 2. The molecule has 2 unspecified atom stereocenters. The molecule has 1 rings (SSSR count). The number of nitrogens with one attached hydrogen (secondary N) is 1. The summed E-state index contributed by atoms with van der Waals surface area (Å²) in [6, 6.07) is 2.42. The SMILES string of the molecule is CCCNC1(C#N)CCC(N(C)CC(F)F)C1. The molecule has 1 fully saturated rings. The van der Waals surface area contributed by atoms with Gasteiger partial charge in [-0.3, -0.25) is 10.2 Å². The van der Waals surface area contributed by atoms with Crippen molar-refractivity contribution < 1.29 is 8.78 Å². The Morgan fingerprint density at radius 3 is 2.82 bits per heavy atom. The highest BCUT2D eigenvalue weighted by atomic mass is 19.3. The number of hydrogen-bond acceptors (Lipinski definition) is 3. The van der Waals surface area contributed by atoms with Crippen molar-refractivity contribution in [2.75, 3.05) is 20.1 Å². The van der Waals surface area contributed by atoms with Gasteiger partial charge in [0.15, 0.2) is 0 Å². The van der Waals surface area contributed by atoms with E-state index in [1.165, 1.54) is 0 Å². The first-order valence-electron chi connectivity index (χ1n) is 6.17. The molecule has 1 aliphatic carbocycles. The van der Waals surface area contributed by atoms with Gasteiger partial charge in [0.25, 0.3) is 6.43 Å². The first kappa shape index (κ1) is 14.3. The summed E-state index contributed by atoms with van der Waals surface area (Å²) in [6.45, 7) is 2.65. The molecule has 0 radical (unpaired) electrons. The van der Waals surface area contributed by atoms with Crippen LogP contribution in [0.4, 0.5) is 8.78 Å². The molecule has 1 N–H and O–H groups in total. The van der Waals surface area contributed by atoms with E-state index in [1.807, 2.05) is 6.92 Å². The van der Waals surface area contributed by atoms with Gasteiger partial charge in [-0.1, -0.05) is 6.92 Å². The molecular formula is C12H21F2N3. The number of halogens is 2. The van der Waals surface area contributed by atoms with Gasteiger partial charge in [0.1, 0.15) is 5.54 Å². The van der Waals surface area contributed by atoms with Gasteiger partial charge in [-0.25, -0.2) is 8.78 Å². The first-order valence-corrected chi connectivity index (χ1v) is 6.17. The molecule has 2 atom stereocenters. The minimum atomic E-state index is -2.30. The molecule has 0 aromatic heterocycles. The summed E-state index contributed by atoms with van der Waals surface area (Å²) < 4.78 is 24.6.